The van der Waals surface area contributed by atoms with Crippen molar-refractivity contribution in [2.75, 3.05) is 5.75 Å². The Hall–Kier alpha value is -1.51. The number of nitrogens with one attached hydrogen (secondary N) is 2. The molecule has 0 spiro atoms. The van der Waals surface area contributed by atoms with Gasteiger partial charge >= 0.3 is 0 Å². The molecule has 0 aromatic carbocycles. The highest BCUT2D eigenvalue weighted by Crippen LogP contribution is 2.13. The first kappa shape index (κ1) is 25.5. The Balaban J connectivity index is 1.81. The fourth-order valence-electron chi connectivity index (χ4n) is 3.24. The molecule has 0 fully saturated rings. The average Bonchev–Trinajstić information content (AvgIpc) is 3.19. The van der Waals surface area contributed by atoms with Gasteiger partial charge in [0.1, 0.15) is 5.82 Å². The fraction of sp³-hybridized carbons (Fsp3) is 0.900. The number of nitrogens with zero attached hydrogens (tertiary/aromatic N) is 3. The van der Waals surface area contributed by atoms with Crippen molar-refractivity contribution in [1.29, 1.82) is 0 Å². The zero-order valence-electron chi connectivity index (χ0n) is 18.0. The van der Waals surface area contributed by atoms with Gasteiger partial charge in [-0.1, -0.05) is 77.6 Å². The molecule has 0 bridgehead atoms. The lowest BCUT2D eigenvalue weighted by Gasteiger charge is -2.06. The van der Waals surface area contributed by atoms with Gasteiger partial charge in [-0.3, -0.25) is 9.52 Å². The zero-order chi connectivity index (χ0) is 21.2. The highest BCUT2D eigenvalue weighted by atomic mass is 32.2. The first-order chi connectivity index (χ1) is 14.0. The van der Waals surface area contributed by atoms with E-state index >= 15 is 0 Å². The van der Waals surface area contributed by atoms with E-state index < -0.39 is 10.0 Å². The molecule has 0 atom stereocenters. The van der Waals surface area contributed by atoms with E-state index in [-0.39, 0.29) is 11.7 Å². The predicted molar refractivity (Wildman–Crippen MR) is 115 cm³/mol. The smallest absolute Gasteiger partial charge is 0.234 e. The molecule has 0 aliphatic heterocycles. The maximum absolute atomic E-state index is 11.7. The Morgan fingerprint density at radius 2 is 1.41 bits per heavy atom. The standard InChI is InChI=1S/C20H39N5O3S/c1-2-3-18-29(27,28)23-20(26)17-15-13-11-9-7-5-4-6-8-10-12-14-16-19-21-24-25-22-19/h2-18H2,1H3,(H,23,26)(H,21,22,24,25). The van der Waals surface area contributed by atoms with Crippen LogP contribution in [0.4, 0.5) is 0 Å². The van der Waals surface area contributed by atoms with Crippen LogP contribution in [0.15, 0.2) is 0 Å². The molecular weight excluding hydrogens is 390 g/mol. The SMILES string of the molecule is CCCCS(=O)(=O)NC(=O)CCCCCCCCCCCCCCc1nnn[nH]1. The van der Waals surface area contributed by atoms with E-state index in [4.69, 9.17) is 0 Å². The molecule has 8 nitrogen and oxygen atoms in total. The minimum Gasteiger partial charge on any atom is -0.274 e. The first-order valence-corrected chi connectivity index (χ1v) is 12.9. The van der Waals surface area contributed by atoms with Gasteiger partial charge in [0.15, 0.2) is 0 Å². The van der Waals surface area contributed by atoms with Crippen LogP contribution < -0.4 is 4.72 Å². The lowest BCUT2D eigenvalue weighted by molar-refractivity contribution is -0.119. The molecular formula is C20H39N5O3S. The van der Waals surface area contributed by atoms with Crippen LogP contribution in [0, 0.1) is 0 Å². The van der Waals surface area contributed by atoms with Crippen molar-refractivity contribution in [3.8, 4) is 0 Å². The summed E-state index contributed by atoms with van der Waals surface area (Å²) in [7, 11) is -3.43. The summed E-state index contributed by atoms with van der Waals surface area (Å²) in [6.45, 7) is 1.93. The Bertz CT molecular complexity index is 620. The van der Waals surface area contributed by atoms with Crippen molar-refractivity contribution in [3.05, 3.63) is 5.82 Å². The van der Waals surface area contributed by atoms with Crippen LogP contribution in [0.25, 0.3) is 0 Å². The third-order valence-corrected chi connectivity index (χ3v) is 6.36. The molecule has 1 aromatic rings. The zero-order valence-corrected chi connectivity index (χ0v) is 18.8. The van der Waals surface area contributed by atoms with E-state index in [1.165, 1.54) is 51.4 Å². The normalized spacial score (nSPS) is 11.6. The third kappa shape index (κ3) is 15.1. The van der Waals surface area contributed by atoms with Gasteiger partial charge in [0.05, 0.1) is 5.75 Å². The maximum Gasteiger partial charge on any atom is 0.234 e. The van der Waals surface area contributed by atoms with Crippen LogP contribution in [-0.4, -0.2) is 40.7 Å². The molecule has 168 valence electrons. The number of aromatic amines is 1. The minimum atomic E-state index is -3.43. The van der Waals surface area contributed by atoms with Gasteiger partial charge in [-0.2, -0.15) is 0 Å². The van der Waals surface area contributed by atoms with Gasteiger partial charge in [0, 0.05) is 12.8 Å². The summed E-state index contributed by atoms with van der Waals surface area (Å²) in [6, 6.07) is 0. The second-order valence-electron chi connectivity index (χ2n) is 7.79. The van der Waals surface area contributed by atoms with Crippen molar-refractivity contribution in [2.45, 2.75) is 110 Å². The monoisotopic (exact) mass is 429 g/mol. The molecule has 1 aromatic heterocycles. The van der Waals surface area contributed by atoms with Crippen LogP contribution in [-0.2, 0) is 21.2 Å². The molecule has 2 N–H and O–H groups in total. The lowest BCUT2D eigenvalue weighted by atomic mass is 10.0. The van der Waals surface area contributed by atoms with Gasteiger partial charge in [0.2, 0.25) is 15.9 Å². The predicted octanol–water partition coefficient (Wildman–Crippen LogP) is 4.06. The van der Waals surface area contributed by atoms with Crippen molar-refractivity contribution in [2.24, 2.45) is 0 Å². The Morgan fingerprint density at radius 1 is 0.862 bits per heavy atom. The highest BCUT2D eigenvalue weighted by Gasteiger charge is 2.13. The maximum atomic E-state index is 11.7. The molecule has 1 amide bonds. The molecule has 29 heavy (non-hydrogen) atoms. The average molecular weight is 430 g/mol. The molecule has 0 unspecified atom stereocenters. The number of sulfonamides is 1. The molecule has 1 rings (SSSR count). The number of H-pyrrole nitrogens is 1. The summed E-state index contributed by atoms with van der Waals surface area (Å²) in [5.74, 6) is 0.552. The fourth-order valence-corrected chi connectivity index (χ4v) is 4.46. The van der Waals surface area contributed by atoms with Crippen LogP contribution in [0.2, 0.25) is 0 Å². The van der Waals surface area contributed by atoms with E-state index in [2.05, 4.69) is 25.3 Å². The summed E-state index contributed by atoms with van der Waals surface area (Å²) in [5, 5.41) is 13.8. The molecule has 0 saturated carbocycles. The quantitative estimate of drug-likeness (QED) is 0.320. The minimum absolute atomic E-state index is 0.0373. The van der Waals surface area contributed by atoms with Gasteiger partial charge in [-0.25, -0.2) is 13.5 Å². The van der Waals surface area contributed by atoms with Crippen molar-refractivity contribution in [3.63, 3.8) is 0 Å². The first-order valence-electron chi connectivity index (χ1n) is 11.3. The van der Waals surface area contributed by atoms with E-state index in [1.807, 2.05) is 6.92 Å². The van der Waals surface area contributed by atoms with Gasteiger partial charge in [-0.15, -0.1) is 5.10 Å². The van der Waals surface area contributed by atoms with E-state index in [1.54, 1.807) is 0 Å². The third-order valence-electron chi connectivity index (χ3n) is 4.99. The number of hydrogen-bond acceptors (Lipinski definition) is 6. The van der Waals surface area contributed by atoms with Crippen molar-refractivity contribution < 1.29 is 13.2 Å². The number of rotatable bonds is 19. The Kier molecular flexibility index (Phi) is 14.4. The van der Waals surface area contributed by atoms with Gasteiger partial charge in [0.25, 0.3) is 0 Å². The number of amides is 1. The number of aryl methyl sites for hydroxylation is 1. The molecule has 0 aliphatic carbocycles. The topological polar surface area (TPSA) is 118 Å². The number of hydrogen-bond donors (Lipinski definition) is 2. The summed E-state index contributed by atoms with van der Waals surface area (Å²) < 4.78 is 25.4. The molecule has 0 radical (unpaired) electrons. The van der Waals surface area contributed by atoms with Crippen molar-refractivity contribution in [1.82, 2.24) is 25.3 Å². The van der Waals surface area contributed by atoms with E-state index in [9.17, 15) is 13.2 Å². The number of aromatic nitrogens is 4. The molecule has 1 heterocycles. The Labute approximate surface area is 176 Å². The number of unbranched alkanes of at least 4 members (excludes halogenated alkanes) is 12. The second-order valence-corrected chi connectivity index (χ2v) is 9.63. The summed E-state index contributed by atoms with van der Waals surface area (Å²) in [4.78, 5) is 11.7. The molecule has 0 saturated heterocycles. The van der Waals surface area contributed by atoms with Crippen molar-refractivity contribution >= 4 is 15.9 Å². The summed E-state index contributed by atoms with van der Waals surface area (Å²) in [6.07, 6.45) is 16.8. The van der Waals surface area contributed by atoms with Crippen LogP contribution >= 0.6 is 0 Å². The van der Waals surface area contributed by atoms with Gasteiger partial charge in [-0.05, 0) is 29.7 Å². The highest BCUT2D eigenvalue weighted by molar-refractivity contribution is 7.90. The number of carbonyl (C=O) groups excluding carboxylic acids is 1. The van der Waals surface area contributed by atoms with E-state index in [0.29, 0.717) is 12.8 Å². The number of tetrazole rings is 1. The van der Waals surface area contributed by atoms with Crippen LogP contribution in [0.5, 0.6) is 0 Å². The Morgan fingerprint density at radius 3 is 1.93 bits per heavy atom. The van der Waals surface area contributed by atoms with Crippen LogP contribution in [0.3, 0.4) is 0 Å². The summed E-state index contributed by atoms with van der Waals surface area (Å²) >= 11 is 0. The van der Waals surface area contributed by atoms with Gasteiger partial charge < -0.3 is 0 Å². The van der Waals surface area contributed by atoms with E-state index in [0.717, 1.165) is 44.3 Å². The summed E-state index contributed by atoms with van der Waals surface area (Å²) in [5.41, 5.74) is 0. The van der Waals surface area contributed by atoms with Crippen LogP contribution in [0.1, 0.15) is 109 Å². The largest absolute Gasteiger partial charge is 0.274 e. The molecule has 9 heteroatoms. The lowest BCUT2D eigenvalue weighted by Crippen LogP contribution is -2.32. The second kappa shape index (κ2) is 16.3. The number of carbonyl (C=O) groups is 1. The molecule has 0 aliphatic rings.